The van der Waals surface area contributed by atoms with Crippen LogP contribution in [-0.2, 0) is 20.0 Å². The monoisotopic (exact) mass is 394 g/mol. The fourth-order valence-corrected chi connectivity index (χ4v) is 3.40. The first kappa shape index (κ1) is 22.4. The number of hydrogen-bond donors (Lipinski definition) is 1. The first-order chi connectivity index (χ1) is 10.1. The maximum atomic E-state index is 11.4. The number of nitrogens with zero attached hydrogens (tertiary/aromatic N) is 1. The number of halogens is 6. The molecule has 6 nitrogen and oxygen atoms in total. The molecule has 1 saturated heterocycles. The van der Waals surface area contributed by atoms with Crippen LogP contribution in [-0.4, -0.2) is 47.5 Å². The van der Waals surface area contributed by atoms with Gasteiger partial charge in [0, 0.05) is 12.8 Å². The molecule has 0 radical (unpaired) electrons. The van der Waals surface area contributed by atoms with Crippen molar-refractivity contribution in [1.29, 1.82) is 0 Å². The van der Waals surface area contributed by atoms with Gasteiger partial charge in [0.1, 0.15) is 0 Å². The SMILES string of the molecule is CCC[NH+]1CCCC1.O=S(=O)([N-]S(=O)(=O)C(F)(F)F)C(F)(F)F. The number of alkyl halides is 6. The Kier molecular flexibility index (Phi) is 7.78. The molecule has 0 aliphatic carbocycles. The maximum Gasteiger partial charge on any atom is 0.480 e. The summed E-state index contributed by atoms with van der Waals surface area (Å²) in [5.41, 5.74) is -12.4. The molecule has 0 aromatic heterocycles. The van der Waals surface area contributed by atoms with Gasteiger partial charge in [0.25, 0.3) is 0 Å². The largest absolute Gasteiger partial charge is 0.480 e. The predicted molar refractivity (Wildman–Crippen MR) is 68.4 cm³/mol. The molecule has 14 heteroatoms. The third-order valence-corrected chi connectivity index (χ3v) is 5.44. The third-order valence-electron chi connectivity index (χ3n) is 2.70. The van der Waals surface area contributed by atoms with Gasteiger partial charge in [-0.2, -0.15) is 26.3 Å². The van der Waals surface area contributed by atoms with Gasteiger partial charge in [-0.05, 0) is 6.42 Å². The first-order valence-corrected chi connectivity index (χ1v) is 9.22. The molecule has 140 valence electrons. The van der Waals surface area contributed by atoms with Crippen molar-refractivity contribution in [3.8, 4) is 0 Å². The summed E-state index contributed by atoms with van der Waals surface area (Å²) < 4.78 is 109. The van der Waals surface area contributed by atoms with Crippen molar-refractivity contribution < 1.29 is 48.1 Å². The van der Waals surface area contributed by atoms with Gasteiger partial charge in [-0.3, -0.25) is 0 Å². The van der Waals surface area contributed by atoms with Crippen molar-refractivity contribution in [3.63, 3.8) is 0 Å². The van der Waals surface area contributed by atoms with Crippen molar-refractivity contribution in [2.24, 2.45) is 0 Å². The lowest BCUT2D eigenvalue weighted by Crippen LogP contribution is -3.09. The number of quaternary nitrogens is 1. The average Bonchev–Trinajstić information content (AvgIpc) is 2.78. The van der Waals surface area contributed by atoms with E-state index < -0.39 is 31.1 Å². The van der Waals surface area contributed by atoms with Crippen LogP contribution in [0.4, 0.5) is 26.3 Å². The molecule has 1 N–H and O–H groups in total. The molecule has 1 aliphatic heterocycles. The summed E-state index contributed by atoms with van der Waals surface area (Å²) in [6.45, 7) is 6.55. The third kappa shape index (κ3) is 7.22. The Morgan fingerprint density at radius 1 is 0.870 bits per heavy atom. The summed E-state index contributed by atoms with van der Waals surface area (Å²) in [5, 5.41) is 0. The second kappa shape index (κ2) is 7.98. The van der Waals surface area contributed by atoms with E-state index in [0.29, 0.717) is 0 Å². The quantitative estimate of drug-likeness (QED) is 0.725. The Labute approximate surface area is 129 Å². The van der Waals surface area contributed by atoms with Gasteiger partial charge in [0.2, 0.25) is 0 Å². The molecule has 0 atom stereocenters. The Balaban J connectivity index is 0.000000502. The number of nitrogens with one attached hydrogen (secondary N) is 1. The Bertz CT molecular complexity index is 522. The van der Waals surface area contributed by atoms with E-state index >= 15 is 0 Å². The zero-order chi connectivity index (χ0) is 18.5. The van der Waals surface area contributed by atoms with E-state index in [1.807, 2.05) is 4.90 Å². The lowest BCUT2D eigenvalue weighted by molar-refractivity contribution is -0.887. The van der Waals surface area contributed by atoms with Crippen LogP contribution < -0.4 is 4.90 Å². The highest BCUT2D eigenvalue weighted by molar-refractivity contribution is 8.13. The molecule has 0 amide bonds. The van der Waals surface area contributed by atoms with E-state index in [1.54, 1.807) is 0 Å². The number of sulfonamides is 2. The molecule has 0 saturated carbocycles. The zero-order valence-electron chi connectivity index (χ0n) is 11.9. The predicted octanol–water partition coefficient (Wildman–Crippen LogP) is 1.13. The molecular weight excluding hydrogens is 378 g/mol. The van der Waals surface area contributed by atoms with Crippen LogP contribution in [0, 0.1) is 0 Å². The molecule has 1 aliphatic rings. The summed E-state index contributed by atoms with van der Waals surface area (Å²) in [7, 11) is -13.4. The number of likely N-dealkylation sites (tertiary alicyclic amines) is 1. The maximum absolute atomic E-state index is 11.4. The minimum Gasteiger partial charge on any atom is -0.421 e. The zero-order valence-corrected chi connectivity index (χ0v) is 13.5. The van der Waals surface area contributed by atoms with Crippen LogP contribution in [0.5, 0.6) is 0 Å². The lowest BCUT2D eigenvalue weighted by Gasteiger charge is -2.22. The van der Waals surface area contributed by atoms with E-state index in [1.165, 1.54) is 38.9 Å². The normalized spacial score (nSPS) is 17.7. The van der Waals surface area contributed by atoms with Crippen LogP contribution in [0.15, 0.2) is 0 Å². The Hall–Kier alpha value is -0.600. The minimum atomic E-state index is -6.72. The second-order valence-corrected chi connectivity index (χ2v) is 8.05. The standard InChI is InChI=1S/C7H15N.C2F6NO4S2/c1-2-5-8-6-3-4-7-8;3-1(4,5)14(10,11)9-15(12,13)2(6,7)8/h2-7H2,1H3;/q;-1/p+1. The molecule has 23 heavy (non-hydrogen) atoms. The average molecular weight is 394 g/mol. The highest BCUT2D eigenvalue weighted by Crippen LogP contribution is 2.36. The smallest absolute Gasteiger partial charge is 0.421 e. The molecule has 0 spiro atoms. The Morgan fingerprint density at radius 2 is 1.22 bits per heavy atom. The highest BCUT2D eigenvalue weighted by atomic mass is 32.3. The summed E-state index contributed by atoms with van der Waals surface area (Å²) >= 11 is 0. The van der Waals surface area contributed by atoms with E-state index in [2.05, 4.69) is 6.92 Å². The lowest BCUT2D eigenvalue weighted by atomic mass is 10.4. The van der Waals surface area contributed by atoms with E-state index in [9.17, 15) is 43.2 Å². The van der Waals surface area contributed by atoms with Crippen molar-refractivity contribution in [3.05, 3.63) is 4.13 Å². The minimum absolute atomic E-state index is 0.778. The van der Waals surface area contributed by atoms with Crippen molar-refractivity contribution in [2.75, 3.05) is 19.6 Å². The van der Waals surface area contributed by atoms with Crippen molar-refractivity contribution >= 4 is 20.0 Å². The van der Waals surface area contributed by atoms with Gasteiger partial charge in [-0.25, -0.2) is 16.8 Å². The Morgan fingerprint density at radius 3 is 1.48 bits per heavy atom. The van der Waals surface area contributed by atoms with Crippen LogP contribution in [0.25, 0.3) is 4.13 Å². The summed E-state index contributed by atoms with van der Waals surface area (Å²) in [5.74, 6) is 0. The van der Waals surface area contributed by atoms with Gasteiger partial charge in [0.05, 0.1) is 19.6 Å². The van der Waals surface area contributed by atoms with Crippen molar-refractivity contribution in [2.45, 2.75) is 37.2 Å². The topological polar surface area (TPSA) is 86.8 Å². The molecule has 0 unspecified atom stereocenters. The number of hydrogen-bond acceptors (Lipinski definition) is 4. The highest BCUT2D eigenvalue weighted by Gasteiger charge is 2.46. The van der Waals surface area contributed by atoms with Gasteiger partial charge >= 0.3 is 11.0 Å². The first-order valence-electron chi connectivity index (χ1n) is 6.34. The molecule has 0 aromatic carbocycles. The van der Waals surface area contributed by atoms with Gasteiger partial charge in [0.15, 0.2) is 20.0 Å². The summed E-state index contributed by atoms with van der Waals surface area (Å²) in [4.78, 5) is 1.83. The van der Waals surface area contributed by atoms with Gasteiger partial charge < -0.3 is 9.03 Å². The molecule has 1 rings (SSSR count). The molecular formula is C9H16F6N2O4S2. The molecule has 0 aromatic rings. The van der Waals surface area contributed by atoms with Crippen molar-refractivity contribution in [1.82, 2.24) is 0 Å². The number of rotatable bonds is 4. The fourth-order valence-electron chi connectivity index (χ4n) is 1.69. The van der Waals surface area contributed by atoms with Gasteiger partial charge in [-0.15, -0.1) is 0 Å². The summed E-state index contributed by atoms with van der Waals surface area (Å²) in [6.07, 6.45) is 4.29. The van der Waals surface area contributed by atoms with E-state index in [0.717, 1.165) is 4.13 Å². The van der Waals surface area contributed by atoms with Crippen LogP contribution in [0.2, 0.25) is 0 Å². The summed E-state index contributed by atoms with van der Waals surface area (Å²) in [6, 6.07) is 0. The molecule has 0 bridgehead atoms. The van der Waals surface area contributed by atoms with Crippen LogP contribution in [0.1, 0.15) is 26.2 Å². The molecule has 1 fully saturated rings. The van der Waals surface area contributed by atoms with Crippen LogP contribution >= 0.6 is 0 Å². The fraction of sp³-hybridized carbons (Fsp3) is 1.00. The second-order valence-electron chi connectivity index (χ2n) is 4.62. The van der Waals surface area contributed by atoms with E-state index in [-0.39, 0.29) is 0 Å². The molecule has 1 heterocycles. The van der Waals surface area contributed by atoms with Crippen LogP contribution in [0.3, 0.4) is 0 Å². The van der Waals surface area contributed by atoms with Gasteiger partial charge in [-0.1, -0.05) is 6.92 Å². The van der Waals surface area contributed by atoms with E-state index in [4.69, 9.17) is 0 Å².